The van der Waals surface area contributed by atoms with E-state index < -0.39 is 27.2 Å². The van der Waals surface area contributed by atoms with Gasteiger partial charge >= 0.3 is 6.03 Å². The lowest BCUT2D eigenvalue weighted by Crippen LogP contribution is -2.39. The van der Waals surface area contributed by atoms with Gasteiger partial charge in [-0.2, -0.15) is 4.31 Å². The summed E-state index contributed by atoms with van der Waals surface area (Å²) in [7, 11) is -3.64. The summed E-state index contributed by atoms with van der Waals surface area (Å²) in [5.41, 5.74) is 5.37. The predicted molar refractivity (Wildman–Crippen MR) is 96.1 cm³/mol. The summed E-state index contributed by atoms with van der Waals surface area (Å²) in [5, 5.41) is 9.57. The third kappa shape index (κ3) is 4.14. The number of hydrogen-bond acceptors (Lipinski definition) is 7. The van der Waals surface area contributed by atoms with Crippen molar-refractivity contribution in [1.29, 1.82) is 0 Å². The number of hydrogen-bond donors (Lipinski definition) is 2. The molecule has 0 aromatic carbocycles. The number of pyridine rings is 1. The number of fused-ring (bicyclic) bond motifs is 1. The van der Waals surface area contributed by atoms with Gasteiger partial charge in [-0.3, -0.25) is 14.5 Å². The van der Waals surface area contributed by atoms with Gasteiger partial charge in [0.25, 0.3) is 0 Å². The zero-order valence-corrected chi connectivity index (χ0v) is 16.2. The van der Waals surface area contributed by atoms with Gasteiger partial charge < -0.3 is 5.73 Å². The van der Waals surface area contributed by atoms with Crippen molar-refractivity contribution >= 4 is 39.4 Å². The molecule has 2 aromatic heterocycles. The molecule has 0 fully saturated rings. The van der Waals surface area contributed by atoms with Crippen LogP contribution < -0.4 is 11.1 Å². The normalized spacial score (nSPS) is 13.1. The number of primary amides is 1. The van der Waals surface area contributed by atoms with Gasteiger partial charge in [0.2, 0.25) is 15.9 Å². The van der Waals surface area contributed by atoms with Gasteiger partial charge in [0.05, 0.1) is 10.1 Å². The first-order valence-electron chi connectivity index (χ1n) is 7.82. The molecule has 1 atom stereocenters. The lowest BCUT2D eigenvalue weighted by atomic mass is 10.4. The first-order valence-corrected chi connectivity index (χ1v) is 10.1. The van der Waals surface area contributed by atoms with E-state index in [1.807, 2.05) is 5.32 Å². The second kappa shape index (κ2) is 8.01. The van der Waals surface area contributed by atoms with Crippen molar-refractivity contribution in [1.82, 2.24) is 24.2 Å². The molecule has 0 aliphatic carbocycles. The Labute approximate surface area is 155 Å². The van der Waals surface area contributed by atoms with Crippen LogP contribution in [0.2, 0.25) is 0 Å². The molecule has 0 aliphatic rings. The molecule has 3 amide bonds. The fourth-order valence-electron chi connectivity index (χ4n) is 2.23. The van der Waals surface area contributed by atoms with Crippen molar-refractivity contribution in [3.8, 4) is 0 Å². The van der Waals surface area contributed by atoms with Crippen LogP contribution in [-0.2, 0) is 14.8 Å². The number of carbonyl (C=O) groups excluding carboxylic acids is 2. The van der Waals surface area contributed by atoms with Gasteiger partial charge in [-0.1, -0.05) is 25.6 Å². The number of thioether (sulfide) groups is 1. The second-order valence-electron chi connectivity index (χ2n) is 5.28. The lowest BCUT2D eigenvalue weighted by molar-refractivity contribution is -0.119. The fraction of sp³-hybridized carbons (Fsp3) is 0.429. The van der Waals surface area contributed by atoms with Crippen LogP contribution in [0.4, 0.5) is 4.79 Å². The Morgan fingerprint density at radius 1 is 1.31 bits per heavy atom. The SMILES string of the molecule is CCN(CC)S(=O)(=O)c1ccc2nnc(SC(C)C(=O)NC(N)=O)n2c1. The van der Waals surface area contributed by atoms with Gasteiger partial charge in [0.15, 0.2) is 10.8 Å². The first kappa shape index (κ1) is 20.1. The smallest absolute Gasteiger partial charge is 0.318 e. The number of nitrogens with zero attached hydrogens (tertiary/aromatic N) is 4. The van der Waals surface area contributed by atoms with Crippen LogP contribution in [0, 0.1) is 0 Å². The highest BCUT2D eigenvalue weighted by atomic mass is 32.2. The third-order valence-corrected chi connectivity index (χ3v) is 6.68. The van der Waals surface area contributed by atoms with Crippen molar-refractivity contribution < 1.29 is 18.0 Å². The topological polar surface area (TPSA) is 140 Å². The van der Waals surface area contributed by atoms with Crippen molar-refractivity contribution in [2.24, 2.45) is 5.73 Å². The molecule has 2 aromatic rings. The number of amides is 3. The summed E-state index contributed by atoms with van der Waals surface area (Å²) >= 11 is 1.03. The standard InChI is InChI=1S/C14H20N6O4S2/c1-4-19(5-2)26(23,24)10-6-7-11-17-18-14(20(11)8-10)25-9(3)12(21)16-13(15)22/h6-9H,4-5H2,1-3H3,(H3,15,16,21,22). The van der Waals surface area contributed by atoms with Crippen LogP contribution >= 0.6 is 11.8 Å². The Morgan fingerprint density at radius 2 is 1.96 bits per heavy atom. The van der Waals surface area contributed by atoms with Crippen LogP contribution in [0.3, 0.4) is 0 Å². The molecule has 2 heterocycles. The highest BCUT2D eigenvalue weighted by molar-refractivity contribution is 8.00. The molecule has 10 nitrogen and oxygen atoms in total. The molecule has 142 valence electrons. The summed E-state index contributed by atoms with van der Waals surface area (Å²) in [4.78, 5) is 22.7. The maximum absolute atomic E-state index is 12.7. The van der Waals surface area contributed by atoms with E-state index >= 15 is 0 Å². The molecular formula is C14H20N6O4S2. The van der Waals surface area contributed by atoms with E-state index in [1.54, 1.807) is 26.8 Å². The summed E-state index contributed by atoms with van der Waals surface area (Å²) < 4.78 is 28.2. The summed E-state index contributed by atoms with van der Waals surface area (Å²) in [6, 6.07) is 2.07. The number of sulfonamides is 1. The molecular weight excluding hydrogens is 380 g/mol. The molecule has 0 spiro atoms. The van der Waals surface area contributed by atoms with Crippen molar-refractivity contribution in [3.05, 3.63) is 18.3 Å². The summed E-state index contributed by atoms with van der Waals surface area (Å²) in [6.45, 7) is 5.80. The molecule has 3 N–H and O–H groups in total. The number of urea groups is 1. The highest BCUT2D eigenvalue weighted by Crippen LogP contribution is 2.24. The molecule has 1 unspecified atom stereocenters. The summed E-state index contributed by atoms with van der Waals surface area (Å²) in [6.07, 6.45) is 1.42. The average Bonchev–Trinajstić information content (AvgIpc) is 2.97. The van der Waals surface area contributed by atoms with E-state index in [4.69, 9.17) is 5.73 Å². The molecule has 0 saturated heterocycles. The number of imide groups is 1. The van der Waals surface area contributed by atoms with Gasteiger partial charge in [-0.05, 0) is 19.1 Å². The van der Waals surface area contributed by atoms with E-state index in [2.05, 4.69) is 10.2 Å². The number of nitrogens with one attached hydrogen (secondary N) is 1. The van der Waals surface area contributed by atoms with Crippen LogP contribution in [-0.4, -0.2) is 57.6 Å². The zero-order valence-electron chi connectivity index (χ0n) is 14.5. The Kier molecular flexibility index (Phi) is 6.21. The lowest BCUT2D eigenvalue weighted by Gasteiger charge is -2.18. The predicted octanol–water partition coefficient (Wildman–Crippen LogP) is 0.435. The Balaban J connectivity index is 2.36. The molecule has 0 aliphatic heterocycles. The second-order valence-corrected chi connectivity index (χ2v) is 8.52. The monoisotopic (exact) mass is 400 g/mol. The molecule has 0 bridgehead atoms. The number of rotatable bonds is 7. The Hall–Kier alpha value is -2.18. The van der Waals surface area contributed by atoms with Crippen LogP contribution in [0.15, 0.2) is 28.4 Å². The van der Waals surface area contributed by atoms with Crippen LogP contribution in [0.5, 0.6) is 0 Å². The van der Waals surface area contributed by atoms with Gasteiger partial charge in [-0.25, -0.2) is 13.2 Å². The maximum Gasteiger partial charge on any atom is 0.318 e. The number of carbonyl (C=O) groups is 2. The van der Waals surface area contributed by atoms with E-state index in [0.717, 1.165) is 11.8 Å². The van der Waals surface area contributed by atoms with Crippen LogP contribution in [0.25, 0.3) is 5.65 Å². The Morgan fingerprint density at radius 3 is 2.54 bits per heavy atom. The molecule has 26 heavy (non-hydrogen) atoms. The average molecular weight is 400 g/mol. The van der Waals surface area contributed by atoms with E-state index in [1.165, 1.54) is 21.0 Å². The minimum absolute atomic E-state index is 0.101. The maximum atomic E-state index is 12.7. The van der Waals surface area contributed by atoms with E-state index in [9.17, 15) is 18.0 Å². The largest absolute Gasteiger partial charge is 0.351 e. The highest BCUT2D eigenvalue weighted by Gasteiger charge is 2.24. The Bertz CT molecular complexity index is 923. The quantitative estimate of drug-likeness (QED) is 0.642. The molecule has 12 heteroatoms. The van der Waals surface area contributed by atoms with Crippen molar-refractivity contribution in [2.75, 3.05) is 13.1 Å². The number of aromatic nitrogens is 3. The van der Waals surface area contributed by atoms with Gasteiger partial charge in [0, 0.05) is 19.3 Å². The van der Waals surface area contributed by atoms with Crippen LogP contribution in [0.1, 0.15) is 20.8 Å². The molecule has 0 saturated carbocycles. The van der Waals surface area contributed by atoms with Crippen molar-refractivity contribution in [2.45, 2.75) is 36.1 Å². The minimum atomic E-state index is -3.64. The van der Waals surface area contributed by atoms with E-state index in [0.29, 0.717) is 23.9 Å². The minimum Gasteiger partial charge on any atom is -0.351 e. The molecule has 2 rings (SSSR count). The number of nitrogens with two attached hydrogens (primary N) is 1. The third-order valence-electron chi connectivity index (χ3n) is 3.58. The first-order chi connectivity index (χ1) is 12.2. The van der Waals surface area contributed by atoms with Crippen molar-refractivity contribution in [3.63, 3.8) is 0 Å². The van der Waals surface area contributed by atoms with Gasteiger partial charge in [-0.15, -0.1) is 10.2 Å². The van der Waals surface area contributed by atoms with E-state index in [-0.39, 0.29) is 4.90 Å². The zero-order chi connectivity index (χ0) is 19.5. The fourth-order valence-corrected chi connectivity index (χ4v) is 4.52. The van der Waals surface area contributed by atoms with Gasteiger partial charge in [0.1, 0.15) is 0 Å². The molecule has 0 radical (unpaired) electrons. The summed E-state index contributed by atoms with van der Waals surface area (Å²) in [5.74, 6) is -0.578.